The first kappa shape index (κ1) is 13.2. The number of benzene rings is 1. The van der Waals surface area contributed by atoms with Gasteiger partial charge in [-0.3, -0.25) is 4.90 Å². The summed E-state index contributed by atoms with van der Waals surface area (Å²) in [6, 6.07) is 8.79. The summed E-state index contributed by atoms with van der Waals surface area (Å²) in [4.78, 5) is 10.5. The van der Waals surface area contributed by atoms with E-state index in [4.69, 9.17) is 0 Å². The second-order valence-corrected chi connectivity index (χ2v) is 5.28. The lowest BCUT2D eigenvalue weighted by Gasteiger charge is -2.22. The lowest BCUT2D eigenvalue weighted by molar-refractivity contribution is 0.153. The van der Waals surface area contributed by atoms with Crippen LogP contribution in [0.3, 0.4) is 0 Å². The Bertz CT molecular complexity index is 559. The van der Waals surface area contributed by atoms with Gasteiger partial charge in [-0.1, -0.05) is 18.2 Å². The van der Waals surface area contributed by atoms with Crippen LogP contribution in [-0.4, -0.2) is 39.2 Å². The van der Waals surface area contributed by atoms with E-state index in [0.717, 1.165) is 30.6 Å². The smallest absolute Gasteiger partial charge is 0.115 e. The third-order valence-corrected chi connectivity index (χ3v) is 3.92. The molecule has 1 saturated heterocycles. The quantitative estimate of drug-likeness (QED) is 0.923. The number of likely N-dealkylation sites (tertiary alicyclic amines) is 1. The number of rotatable bonds is 4. The molecule has 1 atom stereocenters. The van der Waals surface area contributed by atoms with Crippen molar-refractivity contribution >= 4 is 0 Å². The number of aliphatic hydroxyl groups is 1. The van der Waals surface area contributed by atoms with Crippen molar-refractivity contribution in [3.63, 3.8) is 0 Å². The molecule has 0 aliphatic carbocycles. The Hall–Kier alpha value is -1.78. The Kier molecular flexibility index (Phi) is 4.04. The van der Waals surface area contributed by atoms with Crippen molar-refractivity contribution in [3.05, 3.63) is 48.5 Å². The number of nitrogens with zero attached hydrogens (tertiary/aromatic N) is 3. The van der Waals surface area contributed by atoms with Gasteiger partial charge in [0.1, 0.15) is 6.33 Å². The molecule has 0 spiro atoms. The molecular formula is C16H19N3O. The molecule has 0 radical (unpaired) electrons. The highest BCUT2D eigenvalue weighted by Gasteiger charge is 2.23. The van der Waals surface area contributed by atoms with Gasteiger partial charge in [-0.25, -0.2) is 9.97 Å². The lowest BCUT2D eigenvalue weighted by atomic mass is 10.1. The first-order valence-corrected chi connectivity index (χ1v) is 7.06. The van der Waals surface area contributed by atoms with Crippen molar-refractivity contribution in [2.45, 2.75) is 25.4 Å². The Morgan fingerprint density at radius 2 is 2.05 bits per heavy atom. The van der Waals surface area contributed by atoms with Gasteiger partial charge in [0.25, 0.3) is 0 Å². The summed E-state index contributed by atoms with van der Waals surface area (Å²) in [6.45, 7) is 2.23. The van der Waals surface area contributed by atoms with E-state index < -0.39 is 0 Å². The van der Waals surface area contributed by atoms with Crippen LogP contribution in [0.1, 0.15) is 18.4 Å². The van der Waals surface area contributed by atoms with Gasteiger partial charge < -0.3 is 5.11 Å². The predicted octanol–water partition coefficient (Wildman–Crippen LogP) is 2.10. The van der Waals surface area contributed by atoms with Crippen molar-refractivity contribution in [2.24, 2.45) is 0 Å². The molecule has 2 heterocycles. The highest BCUT2D eigenvalue weighted by atomic mass is 16.3. The van der Waals surface area contributed by atoms with Crippen LogP contribution in [-0.2, 0) is 6.54 Å². The minimum Gasteiger partial charge on any atom is -0.395 e. The van der Waals surface area contributed by atoms with Crippen LogP contribution in [0.4, 0.5) is 0 Å². The molecule has 1 aromatic carbocycles. The maximum absolute atomic E-state index is 9.39. The Labute approximate surface area is 119 Å². The van der Waals surface area contributed by atoms with E-state index in [9.17, 15) is 5.11 Å². The minimum atomic E-state index is 0.256. The van der Waals surface area contributed by atoms with Gasteiger partial charge in [0.15, 0.2) is 0 Å². The van der Waals surface area contributed by atoms with E-state index in [2.05, 4.69) is 39.1 Å². The SMILES string of the molecule is OC[C@@H]1CCCN1Cc1cccc(-c2cncnc2)c1. The molecule has 2 aromatic rings. The highest BCUT2D eigenvalue weighted by molar-refractivity contribution is 5.62. The first-order chi connectivity index (χ1) is 9.86. The molecule has 1 N–H and O–H groups in total. The van der Waals surface area contributed by atoms with E-state index in [1.54, 1.807) is 6.33 Å². The molecule has 1 aliphatic heterocycles. The Morgan fingerprint density at radius 3 is 2.85 bits per heavy atom. The summed E-state index contributed by atoms with van der Waals surface area (Å²) in [5.41, 5.74) is 3.45. The summed E-state index contributed by atoms with van der Waals surface area (Å²) >= 11 is 0. The molecule has 3 rings (SSSR count). The van der Waals surface area contributed by atoms with Gasteiger partial charge in [0.2, 0.25) is 0 Å². The zero-order chi connectivity index (χ0) is 13.8. The van der Waals surface area contributed by atoms with Gasteiger partial charge in [0.05, 0.1) is 6.61 Å². The molecule has 20 heavy (non-hydrogen) atoms. The summed E-state index contributed by atoms with van der Waals surface area (Å²) < 4.78 is 0. The van der Waals surface area contributed by atoms with Crippen LogP contribution in [0, 0.1) is 0 Å². The Balaban J connectivity index is 1.78. The average molecular weight is 269 g/mol. The normalized spacial score (nSPS) is 19.4. The van der Waals surface area contributed by atoms with Crippen LogP contribution in [0.15, 0.2) is 43.0 Å². The molecule has 0 amide bonds. The zero-order valence-corrected chi connectivity index (χ0v) is 11.4. The molecule has 0 saturated carbocycles. The van der Waals surface area contributed by atoms with E-state index in [1.807, 2.05) is 12.4 Å². The van der Waals surface area contributed by atoms with E-state index >= 15 is 0 Å². The van der Waals surface area contributed by atoms with E-state index in [1.165, 1.54) is 12.0 Å². The first-order valence-electron chi connectivity index (χ1n) is 7.06. The topological polar surface area (TPSA) is 49.2 Å². The largest absolute Gasteiger partial charge is 0.395 e. The second-order valence-electron chi connectivity index (χ2n) is 5.28. The summed E-state index contributed by atoms with van der Waals surface area (Å²) in [5, 5.41) is 9.39. The fourth-order valence-corrected chi connectivity index (χ4v) is 2.84. The van der Waals surface area contributed by atoms with Crippen LogP contribution in [0.25, 0.3) is 11.1 Å². The molecular weight excluding hydrogens is 250 g/mol. The van der Waals surface area contributed by atoms with Crippen molar-refractivity contribution in [3.8, 4) is 11.1 Å². The van der Waals surface area contributed by atoms with E-state index in [0.29, 0.717) is 6.04 Å². The maximum atomic E-state index is 9.39. The fraction of sp³-hybridized carbons (Fsp3) is 0.375. The van der Waals surface area contributed by atoms with E-state index in [-0.39, 0.29) is 6.61 Å². The van der Waals surface area contributed by atoms with Crippen molar-refractivity contribution in [1.82, 2.24) is 14.9 Å². The van der Waals surface area contributed by atoms with Crippen LogP contribution < -0.4 is 0 Å². The molecule has 0 bridgehead atoms. The van der Waals surface area contributed by atoms with Crippen LogP contribution in [0.2, 0.25) is 0 Å². The lowest BCUT2D eigenvalue weighted by Crippen LogP contribution is -2.31. The number of aliphatic hydroxyl groups excluding tert-OH is 1. The van der Waals surface area contributed by atoms with Gasteiger partial charge >= 0.3 is 0 Å². The van der Waals surface area contributed by atoms with Gasteiger partial charge in [-0.2, -0.15) is 0 Å². The highest BCUT2D eigenvalue weighted by Crippen LogP contribution is 2.23. The molecule has 0 unspecified atom stereocenters. The predicted molar refractivity (Wildman–Crippen MR) is 78.0 cm³/mol. The summed E-state index contributed by atoms with van der Waals surface area (Å²) in [6.07, 6.45) is 7.49. The molecule has 1 aliphatic rings. The molecule has 104 valence electrons. The monoisotopic (exact) mass is 269 g/mol. The van der Waals surface area contributed by atoms with Gasteiger partial charge in [-0.05, 0) is 36.6 Å². The second kappa shape index (κ2) is 6.11. The third-order valence-electron chi connectivity index (χ3n) is 3.92. The van der Waals surface area contributed by atoms with Gasteiger partial charge in [-0.15, -0.1) is 0 Å². The Morgan fingerprint density at radius 1 is 1.20 bits per heavy atom. The molecule has 1 aromatic heterocycles. The summed E-state index contributed by atoms with van der Waals surface area (Å²) in [5.74, 6) is 0. The molecule has 4 nitrogen and oxygen atoms in total. The molecule has 4 heteroatoms. The number of hydrogen-bond acceptors (Lipinski definition) is 4. The van der Waals surface area contributed by atoms with Crippen molar-refractivity contribution in [1.29, 1.82) is 0 Å². The zero-order valence-electron chi connectivity index (χ0n) is 11.4. The standard InChI is InChI=1S/C16H19N3O/c20-11-16-5-2-6-19(16)10-13-3-1-4-14(7-13)15-8-17-12-18-9-15/h1,3-4,7-9,12,16,20H,2,5-6,10-11H2/t16-/m0/s1. The third kappa shape index (κ3) is 2.86. The van der Waals surface area contributed by atoms with Crippen molar-refractivity contribution in [2.75, 3.05) is 13.2 Å². The maximum Gasteiger partial charge on any atom is 0.115 e. The van der Waals surface area contributed by atoms with Crippen molar-refractivity contribution < 1.29 is 5.11 Å². The number of aromatic nitrogens is 2. The number of hydrogen-bond donors (Lipinski definition) is 1. The van der Waals surface area contributed by atoms with Crippen LogP contribution in [0.5, 0.6) is 0 Å². The average Bonchev–Trinajstić information content (AvgIpc) is 2.96. The molecule has 1 fully saturated rings. The fourth-order valence-electron chi connectivity index (χ4n) is 2.84. The van der Waals surface area contributed by atoms with Crippen LogP contribution >= 0.6 is 0 Å². The summed E-state index contributed by atoms with van der Waals surface area (Å²) in [7, 11) is 0. The van der Waals surface area contributed by atoms with Gasteiger partial charge in [0, 0.05) is 30.5 Å². The minimum absolute atomic E-state index is 0.256.